The van der Waals surface area contributed by atoms with E-state index in [0.29, 0.717) is 16.9 Å². The van der Waals surface area contributed by atoms with Gasteiger partial charge in [-0.05, 0) is 43.3 Å². The first-order valence-electron chi connectivity index (χ1n) is 7.20. The topological polar surface area (TPSA) is 15.3 Å². The molecule has 1 N–H and O–H groups in total. The quantitative estimate of drug-likeness (QED) is 0.812. The fourth-order valence-corrected chi connectivity index (χ4v) is 2.49. The molecule has 0 aromatic rings. The first-order chi connectivity index (χ1) is 7.74. The molecule has 0 spiro atoms. The van der Waals surface area contributed by atoms with Gasteiger partial charge in [0.05, 0.1) is 0 Å². The van der Waals surface area contributed by atoms with Gasteiger partial charge in [-0.15, -0.1) is 0 Å². The minimum Gasteiger partial charge on any atom is -0.312 e. The number of hydrogen-bond donors (Lipinski definition) is 1. The van der Waals surface area contributed by atoms with Crippen molar-refractivity contribution in [3.63, 3.8) is 0 Å². The lowest BCUT2D eigenvalue weighted by molar-refractivity contribution is 0.101. The monoisotopic (exact) mass is 240 g/mol. The maximum Gasteiger partial charge on any atom is 0.0243 e. The highest BCUT2D eigenvalue weighted by atomic mass is 15.2. The van der Waals surface area contributed by atoms with Crippen LogP contribution in [0.15, 0.2) is 0 Å². The number of piperidine rings is 1. The number of likely N-dealkylation sites (N-methyl/N-ethyl adjacent to an activating group) is 1. The van der Waals surface area contributed by atoms with Crippen molar-refractivity contribution in [3.8, 4) is 0 Å². The molecule has 1 atom stereocenters. The van der Waals surface area contributed by atoms with Gasteiger partial charge in [0.15, 0.2) is 0 Å². The first-order valence-corrected chi connectivity index (χ1v) is 7.20. The average Bonchev–Trinajstić information content (AvgIpc) is 2.18. The molecule has 0 radical (unpaired) electrons. The Kier molecular flexibility index (Phi) is 5.03. The first kappa shape index (κ1) is 15.0. The summed E-state index contributed by atoms with van der Waals surface area (Å²) in [4.78, 5) is 2.64. The predicted molar refractivity (Wildman–Crippen MR) is 76.4 cm³/mol. The summed E-state index contributed by atoms with van der Waals surface area (Å²) in [5.74, 6) is 0. The van der Waals surface area contributed by atoms with E-state index in [1.807, 2.05) is 0 Å². The number of nitrogens with one attached hydrogen (secondary N) is 1. The van der Waals surface area contributed by atoms with Crippen molar-refractivity contribution in [1.29, 1.82) is 0 Å². The van der Waals surface area contributed by atoms with Crippen molar-refractivity contribution in [3.05, 3.63) is 0 Å². The third-order valence-electron chi connectivity index (χ3n) is 4.15. The Morgan fingerprint density at radius 3 is 2.12 bits per heavy atom. The van der Waals surface area contributed by atoms with Gasteiger partial charge >= 0.3 is 0 Å². The molecule has 1 rings (SSSR count). The lowest BCUT2D eigenvalue weighted by atomic mass is 9.81. The largest absolute Gasteiger partial charge is 0.312 e. The molecular weight excluding hydrogens is 208 g/mol. The molecule has 1 saturated heterocycles. The molecule has 1 aliphatic rings. The van der Waals surface area contributed by atoms with Crippen LogP contribution < -0.4 is 5.32 Å². The van der Waals surface area contributed by atoms with Crippen molar-refractivity contribution in [2.24, 2.45) is 10.8 Å². The van der Waals surface area contributed by atoms with Crippen molar-refractivity contribution >= 4 is 0 Å². The molecule has 0 amide bonds. The predicted octanol–water partition coefficient (Wildman–Crippen LogP) is 3.13. The molecule has 0 aromatic carbocycles. The number of hydrogen-bond acceptors (Lipinski definition) is 2. The molecule has 1 heterocycles. The molecule has 0 aromatic heterocycles. The normalized spacial score (nSPS) is 23.6. The highest BCUT2D eigenvalue weighted by Crippen LogP contribution is 2.30. The zero-order valence-corrected chi connectivity index (χ0v) is 12.8. The van der Waals surface area contributed by atoms with E-state index in [1.54, 1.807) is 0 Å². The molecule has 0 bridgehead atoms. The second-order valence-electron chi connectivity index (χ2n) is 7.44. The summed E-state index contributed by atoms with van der Waals surface area (Å²) in [6, 6.07) is 0.605. The van der Waals surface area contributed by atoms with Crippen molar-refractivity contribution < 1.29 is 0 Å². The van der Waals surface area contributed by atoms with E-state index in [4.69, 9.17) is 0 Å². The van der Waals surface area contributed by atoms with E-state index < -0.39 is 0 Å². The lowest BCUT2D eigenvalue weighted by Gasteiger charge is -2.41. The van der Waals surface area contributed by atoms with Crippen LogP contribution in [-0.4, -0.2) is 37.1 Å². The SMILES string of the molecule is CCNC(CN1CCC(C)(C)CC1)C(C)(C)C. The molecular formula is C15H32N2. The Bertz CT molecular complexity index is 218. The second-order valence-corrected chi connectivity index (χ2v) is 7.44. The van der Waals surface area contributed by atoms with Gasteiger partial charge in [0.25, 0.3) is 0 Å². The summed E-state index contributed by atoms with van der Waals surface area (Å²) in [5, 5.41) is 3.65. The molecule has 0 saturated carbocycles. The van der Waals surface area contributed by atoms with Gasteiger partial charge in [-0.3, -0.25) is 0 Å². The standard InChI is InChI=1S/C15H32N2/c1-7-16-13(14(2,3)4)12-17-10-8-15(5,6)9-11-17/h13,16H,7-12H2,1-6H3. The molecule has 17 heavy (non-hydrogen) atoms. The van der Waals surface area contributed by atoms with Crippen LogP contribution in [0.4, 0.5) is 0 Å². The maximum absolute atomic E-state index is 3.65. The molecule has 1 fully saturated rings. The smallest absolute Gasteiger partial charge is 0.0243 e. The molecule has 0 aliphatic carbocycles. The lowest BCUT2D eigenvalue weighted by Crippen LogP contribution is -2.50. The van der Waals surface area contributed by atoms with E-state index in [2.05, 4.69) is 51.8 Å². The summed E-state index contributed by atoms with van der Waals surface area (Å²) >= 11 is 0. The van der Waals surface area contributed by atoms with Crippen LogP contribution in [-0.2, 0) is 0 Å². The third-order valence-corrected chi connectivity index (χ3v) is 4.15. The fraction of sp³-hybridized carbons (Fsp3) is 1.00. The van der Waals surface area contributed by atoms with Gasteiger partial charge in [0.1, 0.15) is 0 Å². The van der Waals surface area contributed by atoms with Crippen LogP contribution in [0.25, 0.3) is 0 Å². The van der Waals surface area contributed by atoms with E-state index >= 15 is 0 Å². The Morgan fingerprint density at radius 1 is 1.18 bits per heavy atom. The van der Waals surface area contributed by atoms with Crippen LogP contribution in [0, 0.1) is 10.8 Å². The summed E-state index contributed by atoms with van der Waals surface area (Å²) in [7, 11) is 0. The number of nitrogens with zero attached hydrogens (tertiary/aromatic N) is 1. The second kappa shape index (κ2) is 5.71. The highest BCUT2D eigenvalue weighted by Gasteiger charge is 2.30. The summed E-state index contributed by atoms with van der Waals surface area (Å²) < 4.78 is 0. The summed E-state index contributed by atoms with van der Waals surface area (Å²) in [6.07, 6.45) is 2.69. The highest BCUT2D eigenvalue weighted by molar-refractivity contribution is 4.86. The van der Waals surface area contributed by atoms with E-state index in [1.165, 1.54) is 32.5 Å². The van der Waals surface area contributed by atoms with Crippen LogP contribution in [0.3, 0.4) is 0 Å². The summed E-state index contributed by atoms with van der Waals surface area (Å²) in [5.41, 5.74) is 0.912. The van der Waals surface area contributed by atoms with Gasteiger partial charge < -0.3 is 10.2 Å². The Hall–Kier alpha value is -0.0800. The maximum atomic E-state index is 3.65. The van der Waals surface area contributed by atoms with Gasteiger partial charge in [-0.1, -0.05) is 41.5 Å². The molecule has 1 unspecified atom stereocenters. The van der Waals surface area contributed by atoms with E-state index in [0.717, 1.165) is 6.54 Å². The van der Waals surface area contributed by atoms with E-state index in [9.17, 15) is 0 Å². The van der Waals surface area contributed by atoms with Gasteiger partial charge in [0, 0.05) is 12.6 Å². The van der Waals surface area contributed by atoms with Crippen molar-refractivity contribution in [2.45, 2.75) is 60.4 Å². The summed E-state index contributed by atoms with van der Waals surface area (Å²) in [6.45, 7) is 18.8. The Morgan fingerprint density at radius 2 is 1.71 bits per heavy atom. The van der Waals surface area contributed by atoms with Crippen LogP contribution in [0.5, 0.6) is 0 Å². The van der Waals surface area contributed by atoms with Crippen LogP contribution in [0.1, 0.15) is 54.4 Å². The van der Waals surface area contributed by atoms with Crippen molar-refractivity contribution in [2.75, 3.05) is 26.2 Å². The van der Waals surface area contributed by atoms with Gasteiger partial charge in [-0.25, -0.2) is 0 Å². The third kappa shape index (κ3) is 4.97. The molecule has 2 nitrogen and oxygen atoms in total. The number of likely N-dealkylation sites (tertiary alicyclic amines) is 1. The van der Waals surface area contributed by atoms with Gasteiger partial charge in [-0.2, -0.15) is 0 Å². The zero-order valence-electron chi connectivity index (χ0n) is 12.8. The van der Waals surface area contributed by atoms with Gasteiger partial charge in [0.2, 0.25) is 0 Å². The van der Waals surface area contributed by atoms with Crippen molar-refractivity contribution in [1.82, 2.24) is 10.2 Å². The Labute approximate surface area is 108 Å². The zero-order chi connectivity index (χ0) is 13.1. The Balaban J connectivity index is 2.46. The van der Waals surface area contributed by atoms with Crippen LogP contribution in [0.2, 0.25) is 0 Å². The van der Waals surface area contributed by atoms with Crippen LogP contribution >= 0.6 is 0 Å². The van der Waals surface area contributed by atoms with E-state index in [-0.39, 0.29) is 0 Å². The average molecular weight is 240 g/mol. The number of rotatable bonds is 4. The minimum absolute atomic E-state index is 0.350. The fourth-order valence-electron chi connectivity index (χ4n) is 2.49. The molecule has 1 aliphatic heterocycles. The molecule has 102 valence electrons. The minimum atomic E-state index is 0.350. The molecule has 2 heteroatoms.